The van der Waals surface area contributed by atoms with Crippen LogP contribution in [0.3, 0.4) is 0 Å². The summed E-state index contributed by atoms with van der Waals surface area (Å²) in [5.74, 6) is -0.485. The predicted molar refractivity (Wildman–Crippen MR) is 122 cm³/mol. The molecule has 0 aromatic heterocycles. The third-order valence-electron chi connectivity index (χ3n) is 5.31. The van der Waals surface area contributed by atoms with E-state index in [9.17, 15) is 14.7 Å². The van der Waals surface area contributed by atoms with Gasteiger partial charge in [-0.3, -0.25) is 9.59 Å². The average Bonchev–Trinajstić information content (AvgIpc) is 2.83. The molecule has 0 radical (unpaired) electrons. The molecule has 0 spiro atoms. The van der Waals surface area contributed by atoms with Crippen molar-refractivity contribution in [3.05, 3.63) is 53.6 Å². The van der Waals surface area contributed by atoms with Gasteiger partial charge < -0.3 is 28.8 Å². The fourth-order valence-corrected chi connectivity index (χ4v) is 3.74. The van der Waals surface area contributed by atoms with Gasteiger partial charge in [0.15, 0.2) is 5.41 Å². The molecule has 8 nitrogen and oxygen atoms in total. The van der Waals surface area contributed by atoms with E-state index in [1.165, 1.54) is 21.3 Å². The van der Waals surface area contributed by atoms with Crippen LogP contribution in [0.2, 0.25) is 0 Å². The van der Waals surface area contributed by atoms with E-state index in [-0.39, 0.29) is 31.6 Å². The Hall–Kier alpha value is -3.26. The number of hydrogen-bond acceptors (Lipinski definition) is 8. The highest BCUT2D eigenvalue weighted by molar-refractivity contribution is 6.00. The number of hydrogen-bond donors (Lipinski definition) is 1. The van der Waals surface area contributed by atoms with E-state index in [1.54, 1.807) is 38.1 Å². The Morgan fingerprint density at radius 2 is 1.39 bits per heavy atom. The number of aliphatic hydroxyl groups excluding tert-OH is 1. The van der Waals surface area contributed by atoms with Crippen molar-refractivity contribution in [3.8, 4) is 17.2 Å². The summed E-state index contributed by atoms with van der Waals surface area (Å²) in [6.07, 6.45) is -1.64. The Bertz CT molecular complexity index is 882. The lowest BCUT2D eigenvalue weighted by Gasteiger charge is -2.32. The SMILES string of the molecule is CCOC(=O)C(Cc1ccccc1)(CC(O)c1c(OC)cc(OC)cc1OC)C(=O)OCC. The summed E-state index contributed by atoms with van der Waals surface area (Å²) in [6, 6.07) is 12.2. The van der Waals surface area contributed by atoms with Crippen molar-refractivity contribution in [3.63, 3.8) is 0 Å². The number of rotatable bonds is 12. The number of esters is 2. The molecule has 0 aliphatic carbocycles. The van der Waals surface area contributed by atoms with Gasteiger partial charge in [-0.2, -0.15) is 0 Å². The smallest absolute Gasteiger partial charge is 0.323 e. The second kappa shape index (κ2) is 12.1. The maximum Gasteiger partial charge on any atom is 0.323 e. The van der Waals surface area contributed by atoms with Crippen LogP contribution in [0, 0.1) is 5.41 Å². The lowest BCUT2D eigenvalue weighted by molar-refractivity contribution is -0.175. The van der Waals surface area contributed by atoms with Crippen LogP contribution in [0.15, 0.2) is 42.5 Å². The van der Waals surface area contributed by atoms with Crippen LogP contribution in [0.1, 0.15) is 37.5 Å². The van der Waals surface area contributed by atoms with Gasteiger partial charge in [0.05, 0.1) is 46.2 Å². The fourth-order valence-electron chi connectivity index (χ4n) is 3.74. The number of carbonyl (C=O) groups is 2. The summed E-state index contributed by atoms with van der Waals surface area (Å²) >= 11 is 0. The quantitative estimate of drug-likeness (QED) is 0.380. The number of carbonyl (C=O) groups excluding carboxylic acids is 2. The molecule has 0 bridgehead atoms. The first kappa shape index (κ1) is 26.0. The van der Waals surface area contributed by atoms with Gasteiger partial charge in [-0.1, -0.05) is 30.3 Å². The minimum atomic E-state index is -1.79. The molecule has 0 amide bonds. The summed E-state index contributed by atoms with van der Waals surface area (Å²) in [5.41, 5.74) is -0.783. The number of aliphatic hydroxyl groups is 1. The zero-order chi connectivity index (χ0) is 24.4. The van der Waals surface area contributed by atoms with Crippen LogP contribution in [0.5, 0.6) is 17.2 Å². The van der Waals surface area contributed by atoms with E-state index >= 15 is 0 Å². The first-order valence-electron chi connectivity index (χ1n) is 10.7. The zero-order valence-electron chi connectivity index (χ0n) is 19.8. The molecule has 0 heterocycles. The van der Waals surface area contributed by atoms with Crippen molar-refractivity contribution < 1.29 is 38.4 Å². The Morgan fingerprint density at radius 1 is 0.879 bits per heavy atom. The first-order chi connectivity index (χ1) is 15.9. The zero-order valence-corrected chi connectivity index (χ0v) is 19.8. The molecule has 2 rings (SSSR count). The lowest BCUT2D eigenvalue weighted by atomic mass is 9.75. The Morgan fingerprint density at radius 3 is 1.82 bits per heavy atom. The molecule has 2 aromatic carbocycles. The number of methoxy groups -OCH3 is 3. The van der Waals surface area contributed by atoms with Gasteiger partial charge in [-0.15, -0.1) is 0 Å². The van der Waals surface area contributed by atoms with E-state index in [2.05, 4.69) is 0 Å². The standard InChI is InChI=1S/C25H32O8/c1-6-32-23(27)25(24(28)33-7-2,15-17-11-9-8-10-12-17)16-19(26)22-20(30-4)13-18(29-3)14-21(22)31-5/h8-14,19,26H,6-7,15-16H2,1-5H3. The Kier molecular flexibility index (Phi) is 9.54. The van der Waals surface area contributed by atoms with Crippen molar-refractivity contribution in [2.45, 2.75) is 32.8 Å². The highest BCUT2D eigenvalue weighted by atomic mass is 16.6. The minimum absolute atomic E-state index is 0.0106. The van der Waals surface area contributed by atoms with E-state index < -0.39 is 23.5 Å². The lowest BCUT2D eigenvalue weighted by Crippen LogP contribution is -2.45. The second-order valence-corrected chi connectivity index (χ2v) is 7.35. The molecule has 0 saturated heterocycles. The molecule has 8 heteroatoms. The molecule has 0 aliphatic rings. The summed E-state index contributed by atoms with van der Waals surface area (Å²) in [4.78, 5) is 26.5. The van der Waals surface area contributed by atoms with Gasteiger partial charge in [0, 0.05) is 18.6 Å². The molecular formula is C25H32O8. The highest BCUT2D eigenvalue weighted by Crippen LogP contribution is 2.44. The Balaban J connectivity index is 2.62. The third kappa shape index (κ3) is 5.96. The maximum atomic E-state index is 13.2. The monoisotopic (exact) mass is 460 g/mol. The normalized spacial score (nSPS) is 11.9. The second-order valence-electron chi connectivity index (χ2n) is 7.35. The highest BCUT2D eigenvalue weighted by Gasteiger charge is 2.51. The summed E-state index contributed by atoms with van der Waals surface area (Å²) in [7, 11) is 4.38. The molecule has 33 heavy (non-hydrogen) atoms. The van der Waals surface area contributed by atoms with E-state index in [0.717, 1.165) is 5.56 Å². The van der Waals surface area contributed by atoms with Crippen molar-refractivity contribution in [2.75, 3.05) is 34.5 Å². The molecule has 1 unspecified atom stereocenters. The molecule has 0 aliphatic heterocycles. The van der Waals surface area contributed by atoms with Gasteiger partial charge >= 0.3 is 11.9 Å². The fraction of sp³-hybridized carbons (Fsp3) is 0.440. The van der Waals surface area contributed by atoms with Gasteiger partial charge in [-0.05, 0) is 25.8 Å². The first-order valence-corrected chi connectivity index (χ1v) is 10.7. The molecule has 0 saturated carbocycles. The van der Waals surface area contributed by atoms with Crippen LogP contribution >= 0.6 is 0 Å². The van der Waals surface area contributed by atoms with Crippen LogP contribution in [-0.2, 0) is 25.5 Å². The number of ether oxygens (including phenoxy) is 5. The van der Waals surface area contributed by atoms with Crippen LogP contribution in [0.4, 0.5) is 0 Å². The molecule has 180 valence electrons. The van der Waals surface area contributed by atoms with Crippen LogP contribution < -0.4 is 14.2 Å². The van der Waals surface area contributed by atoms with Crippen LogP contribution in [0.25, 0.3) is 0 Å². The van der Waals surface area contributed by atoms with Gasteiger partial charge in [0.1, 0.15) is 17.2 Å². The van der Waals surface area contributed by atoms with Crippen molar-refractivity contribution in [1.82, 2.24) is 0 Å². The maximum absolute atomic E-state index is 13.2. The molecule has 1 atom stereocenters. The van der Waals surface area contributed by atoms with Crippen molar-refractivity contribution in [2.24, 2.45) is 5.41 Å². The minimum Gasteiger partial charge on any atom is -0.496 e. The van der Waals surface area contributed by atoms with E-state index in [4.69, 9.17) is 23.7 Å². The van der Waals surface area contributed by atoms with Crippen molar-refractivity contribution >= 4 is 11.9 Å². The average molecular weight is 461 g/mol. The van der Waals surface area contributed by atoms with Gasteiger partial charge in [0.25, 0.3) is 0 Å². The molecule has 0 fully saturated rings. The topological polar surface area (TPSA) is 101 Å². The molecule has 1 N–H and O–H groups in total. The van der Waals surface area contributed by atoms with Gasteiger partial charge in [-0.25, -0.2) is 0 Å². The summed E-state index contributed by atoms with van der Waals surface area (Å²) in [5, 5.41) is 11.3. The van der Waals surface area contributed by atoms with Crippen LogP contribution in [-0.4, -0.2) is 51.6 Å². The van der Waals surface area contributed by atoms with E-state index in [1.807, 2.05) is 18.2 Å². The third-order valence-corrected chi connectivity index (χ3v) is 5.31. The predicted octanol–water partition coefficient (Wildman–Crippen LogP) is 3.49. The molecule has 2 aromatic rings. The van der Waals surface area contributed by atoms with Gasteiger partial charge in [0.2, 0.25) is 0 Å². The van der Waals surface area contributed by atoms with E-state index in [0.29, 0.717) is 17.2 Å². The summed E-state index contributed by atoms with van der Waals surface area (Å²) < 4.78 is 26.8. The number of benzene rings is 2. The summed E-state index contributed by atoms with van der Waals surface area (Å²) in [6.45, 7) is 3.45. The van der Waals surface area contributed by atoms with Crippen molar-refractivity contribution in [1.29, 1.82) is 0 Å². The largest absolute Gasteiger partial charge is 0.496 e. The molecular weight excluding hydrogens is 428 g/mol. The Labute approximate surface area is 194 Å².